The average molecular weight is 378 g/mol. The quantitative estimate of drug-likeness (QED) is 0.795. The van der Waals surface area contributed by atoms with Crippen LogP contribution in [-0.2, 0) is 20.4 Å². The van der Waals surface area contributed by atoms with Gasteiger partial charge in [-0.3, -0.25) is 9.59 Å². The molecular weight excluding hydrogens is 359 g/mol. The molecule has 2 N–H and O–H groups in total. The minimum Gasteiger partial charge on any atom is -0.370 e. The summed E-state index contributed by atoms with van der Waals surface area (Å²) in [6.45, 7) is 0.0239. The van der Waals surface area contributed by atoms with Gasteiger partial charge >= 0.3 is 0 Å². The van der Waals surface area contributed by atoms with Gasteiger partial charge in [-0.1, -0.05) is 12.1 Å². The summed E-state index contributed by atoms with van der Waals surface area (Å²) in [4.78, 5) is 25.3. The predicted octanol–water partition coefficient (Wildman–Crippen LogP) is 1.89. The van der Waals surface area contributed by atoms with Crippen molar-refractivity contribution in [3.63, 3.8) is 0 Å². The minimum absolute atomic E-state index is 0.0239. The number of nitrogens with two attached hydrogens (primary N) is 1. The third kappa shape index (κ3) is 5.66. The van der Waals surface area contributed by atoms with E-state index in [1.54, 1.807) is 18.2 Å². The first-order chi connectivity index (χ1) is 12.2. The van der Waals surface area contributed by atoms with E-state index in [2.05, 4.69) is 0 Å². The monoisotopic (exact) mass is 378 g/mol. The Labute approximate surface area is 151 Å². The summed E-state index contributed by atoms with van der Waals surface area (Å²) in [5.41, 5.74) is 6.32. The molecule has 8 heteroatoms. The van der Waals surface area contributed by atoms with Crippen LogP contribution in [0.2, 0.25) is 0 Å². The Morgan fingerprint density at radius 3 is 2.35 bits per heavy atom. The smallest absolute Gasteiger partial charge is 0.258 e. The Bertz CT molecular complexity index is 911. The van der Waals surface area contributed by atoms with Crippen molar-refractivity contribution in [2.75, 3.05) is 17.7 Å². The number of primary amides is 1. The number of rotatable bonds is 7. The van der Waals surface area contributed by atoms with Crippen molar-refractivity contribution in [2.45, 2.75) is 12.2 Å². The second kappa shape index (κ2) is 8.09. The van der Waals surface area contributed by atoms with Gasteiger partial charge < -0.3 is 10.6 Å². The third-order valence-electron chi connectivity index (χ3n) is 3.57. The number of halogens is 1. The van der Waals surface area contributed by atoms with Crippen LogP contribution in [0, 0.1) is 5.82 Å². The molecular formula is C18H19FN2O4S. The number of carbonyl (C=O) groups excluding carboxylic acids is 2. The molecule has 0 aliphatic heterocycles. The van der Waals surface area contributed by atoms with Crippen molar-refractivity contribution in [1.82, 2.24) is 0 Å². The zero-order valence-corrected chi connectivity index (χ0v) is 15.0. The fourth-order valence-corrected chi connectivity index (χ4v) is 3.23. The minimum atomic E-state index is -3.25. The van der Waals surface area contributed by atoms with Crippen molar-refractivity contribution in [3.05, 3.63) is 65.5 Å². The first-order valence-electron chi connectivity index (χ1n) is 7.78. The second-order valence-corrected chi connectivity index (χ2v) is 8.06. The molecule has 138 valence electrons. The van der Waals surface area contributed by atoms with Crippen molar-refractivity contribution >= 4 is 27.3 Å². The van der Waals surface area contributed by atoms with Crippen LogP contribution in [0.25, 0.3) is 0 Å². The van der Waals surface area contributed by atoms with E-state index in [1.807, 2.05) is 0 Å². The lowest BCUT2D eigenvalue weighted by Gasteiger charge is -2.22. The highest BCUT2D eigenvalue weighted by molar-refractivity contribution is 7.89. The predicted molar refractivity (Wildman–Crippen MR) is 96.9 cm³/mol. The van der Waals surface area contributed by atoms with Gasteiger partial charge in [0.05, 0.1) is 5.75 Å². The molecule has 0 saturated carbocycles. The standard InChI is InChI=1S/C18H19FN2O4S/c1-26(24,25)12-13-3-2-4-14(11-13)18(23)21(10-9-17(20)22)16-7-5-15(19)6-8-16/h2-8,11H,9-10,12H2,1H3,(H2,20,22). The third-order valence-corrected chi connectivity index (χ3v) is 4.43. The first kappa shape index (κ1) is 19.6. The van der Waals surface area contributed by atoms with Crippen LogP contribution in [0.4, 0.5) is 10.1 Å². The molecule has 0 bridgehead atoms. The van der Waals surface area contributed by atoms with E-state index in [-0.39, 0.29) is 24.3 Å². The van der Waals surface area contributed by atoms with Crippen LogP contribution in [0.3, 0.4) is 0 Å². The van der Waals surface area contributed by atoms with E-state index in [0.29, 0.717) is 11.3 Å². The van der Waals surface area contributed by atoms with Crippen molar-refractivity contribution in [3.8, 4) is 0 Å². The van der Waals surface area contributed by atoms with Crippen molar-refractivity contribution in [2.24, 2.45) is 5.73 Å². The van der Waals surface area contributed by atoms with Crippen LogP contribution >= 0.6 is 0 Å². The van der Waals surface area contributed by atoms with Crippen LogP contribution in [0.1, 0.15) is 22.3 Å². The van der Waals surface area contributed by atoms with Crippen LogP contribution in [0.5, 0.6) is 0 Å². The van der Waals surface area contributed by atoms with Crippen LogP contribution in [-0.4, -0.2) is 33.0 Å². The van der Waals surface area contributed by atoms with E-state index in [0.717, 1.165) is 6.26 Å². The van der Waals surface area contributed by atoms with Gasteiger partial charge in [0.15, 0.2) is 9.84 Å². The van der Waals surface area contributed by atoms with E-state index >= 15 is 0 Å². The van der Waals surface area contributed by atoms with Gasteiger partial charge in [-0.05, 0) is 42.0 Å². The number of nitrogens with zero attached hydrogens (tertiary/aromatic N) is 1. The molecule has 2 amide bonds. The summed E-state index contributed by atoms with van der Waals surface area (Å²) in [5.74, 6) is -1.65. The molecule has 0 atom stereocenters. The molecule has 0 spiro atoms. The molecule has 2 aromatic rings. The van der Waals surface area contributed by atoms with Gasteiger partial charge in [0, 0.05) is 30.5 Å². The lowest BCUT2D eigenvalue weighted by Crippen LogP contribution is -2.34. The molecule has 2 aromatic carbocycles. The maximum absolute atomic E-state index is 13.2. The Morgan fingerprint density at radius 1 is 1.12 bits per heavy atom. The molecule has 0 unspecified atom stereocenters. The maximum atomic E-state index is 13.2. The lowest BCUT2D eigenvalue weighted by molar-refractivity contribution is -0.117. The fraction of sp³-hybridized carbons (Fsp3) is 0.222. The van der Waals surface area contributed by atoms with E-state index in [1.165, 1.54) is 35.2 Å². The number of benzene rings is 2. The van der Waals surface area contributed by atoms with Crippen molar-refractivity contribution < 1.29 is 22.4 Å². The highest BCUT2D eigenvalue weighted by atomic mass is 32.2. The fourth-order valence-electron chi connectivity index (χ4n) is 2.44. The number of carbonyl (C=O) groups is 2. The van der Waals surface area contributed by atoms with Gasteiger partial charge in [0.25, 0.3) is 5.91 Å². The Morgan fingerprint density at radius 2 is 1.77 bits per heavy atom. The lowest BCUT2D eigenvalue weighted by atomic mass is 10.1. The zero-order chi connectivity index (χ0) is 19.3. The van der Waals surface area contributed by atoms with Crippen LogP contribution in [0.15, 0.2) is 48.5 Å². The second-order valence-electron chi connectivity index (χ2n) is 5.92. The Hall–Kier alpha value is -2.74. The van der Waals surface area contributed by atoms with Gasteiger partial charge in [-0.25, -0.2) is 12.8 Å². The van der Waals surface area contributed by atoms with E-state index < -0.39 is 27.5 Å². The number of amides is 2. The largest absolute Gasteiger partial charge is 0.370 e. The molecule has 2 rings (SSSR count). The topological polar surface area (TPSA) is 97.5 Å². The highest BCUT2D eigenvalue weighted by Gasteiger charge is 2.19. The molecule has 0 radical (unpaired) electrons. The number of anilines is 1. The van der Waals surface area contributed by atoms with Gasteiger partial charge in [-0.2, -0.15) is 0 Å². The molecule has 0 fully saturated rings. The maximum Gasteiger partial charge on any atom is 0.258 e. The summed E-state index contributed by atoms with van der Waals surface area (Å²) in [6.07, 6.45) is 1.05. The van der Waals surface area contributed by atoms with Crippen molar-refractivity contribution in [1.29, 1.82) is 0 Å². The summed E-state index contributed by atoms with van der Waals surface area (Å²) in [6, 6.07) is 11.5. The normalized spacial score (nSPS) is 11.2. The Balaban J connectivity index is 2.35. The summed E-state index contributed by atoms with van der Waals surface area (Å²) in [7, 11) is -3.25. The van der Waals surface area contributed by atoms with E-state index in [9.17, 15) is 22.4 Å². The molecule has 0 aromatic heterocycles. The number of hydrogen-bond acceptors (Lipinski definition) is 4. The first-order valence-corrected chi connectivity index (χ1v) is 9.84. The van der Waals surface area contributed by atoms with E-state index in [4.69, 9.17) is 5.73 Å². The van der Waals surface area contributed by atoms with Crippen LogP contribution < -0.4 is 10.6 Å². The van der Waals surface area contributed by atoms with Gasteiger partial charge in [-0.15, -0.1) is 0 Å². The summed E-state index contributed by atoms with van der Waals surface area (Å²) < 4.78 is 36.1. The molecule has 0 aliphatic rings. The SMILES string of the molecule is CS(=O)(=O)Cc1cccc(C(=O)N(CCC(N)=O)c2ccc(F)cc2)c1. The molecule has 0 heterocycles. The average Bonchev–Trinajstić information content (AvgIpc) is 2.55. The number of hydrogen-bond donors (Lipinski definition) is 1. The van der Waals surface area contributed by atoms with Gasteiger partial charge in [0.1, 0.15) is 5.82 Å². The highest BCUT2D eigenvalue weighted by Crippen LogP contribution is 2.19. The molecule has 0 aliphatic carbocycles. The Kier molecular flexibility index (Phi) is 6.10. The van der Waals surface area contributed by atoms with Gasteiger partial charge in [0.2, 0.25) is 5.91 Å². The molecule has 26 heavy (non-hydrogen) atoms. The zero-order valence-electron chi connectivity index (χ0n) is 14.2. The molecule has 0 saturated heterocycles. The molecule has 6 nitrogen and oxygen atoms in total. The number of sulfone groups is 1. The summed E-state index contributed by atoms with van der Waals surface area (Å²) >= 11 is 0. The summed E-state index contributed by atoms with van der Waals surface area (Å²) in [5, 5.41) is 0.